The summed E-state index contributed by atoms with van der Waals surface area (Å²) in [5.74, 6) is -1.07. The van der Waals surface area contributed by atoms with Gasteiger partial charge in [0, 0.05) is 38.7 Å². The molecule has 1 saturated heterocycles. The lowest BCUT2D eigenvalue weighted by Crippen LogP contribution is -2.46. The van der Waals surface area contributed by atoms with Crippen LogP contribution in [0.4, 0.5) is 10.1 Å². The van der Waals surface area contributed by atoms with E-state index in [0.717, 1.165) is 0 Å². The number of nitrogens with zero attached hydrogens (tertiary/aromatic N) is 4. The molecule has 12 heteroatoms. The summed E-state index contributed by atoms with van der Waals surface area (Å²) in [6.45, 7) is 7.39. The largest absolute Gasteiger partial charge is 0.519 e. The highest BCUT2D eigenvalue weighted by Crippen LogP contribution is 2.39. The number of hydrogen-bond donors (Lipinski definition) is 1. The fourth-order valence-electron chi connectivity index (χ4n) is 4.35. The number of fused-ring (bicyclic) bond motifs is 3. The monoisotopic (exact) mass is 502 g/mol. The maximum atomic E-state index is 15.4. The topological polar surface area (TPSA) is 133 Å². The highest BCUT2D eigenvalue weighted by molar-refractivity contribution is 7.99. The SMILES string of the molecule is CC#N.Cc1oc(=O)oc1CN1CCN(c2cc3c(c(C)c2F)c(=O)c(C(=O)O)c2n3CS2)CC1. The van der Waals surface area contributed by atoms with Crippen LogP contribution in [0, 0.1) is 31.0 Å². The predicted octanol–water partition coefficient (Wildman–Crippen LogP) is 2.92. The number of nitriles is 1. The van der Waals surface area contributed by atoms with E-state index in [0.29, 0.717) is 66.4 Å². The predicted molar refractivity (Wildman–Crippen MR) is 126 cm³/mol. The molecule has 10 nitrogen and oxygen atoms in total. The molecular formula is C23H23FN4O6S. The van der Waals surface area contributed by atoms with Crippen LogP contribution in [0.25, 0.3) is 10.9 Å². The van der Waals surface area contributed by atoms with Crippen LogP contribution in [0.15, 0.2) is 29.5 Å². The summed E-state index contributed by atoms with van der Waals surface area (Å²) in [4.78, 5) is 39.7. The number of carbonyl (C=O) groups is 1. The van der Waals surface area contributed by atoms with E-state index in [-0.39, 0.29) is 16.5 Å². The summed E-state index contributed by atoms with van der Waals surface area (Å²) < 4.78 is 27.1. The van der Waals surface area contributed by atoms with Crippen molar-refractivity contribution in [1.29, 1.82) is 5.26 Å². The van der Waals surface area contributed by atoms with Gasteiger partial charge in [-0.25, -0.2) is 14.0 Å². The Kier molecular flexibility index (Phi) is 6.73. The van der Waals surface area contributed by atoms with Gasteiger partial charge < -0.3 is 23.4 Å². The lowest BCUT2D eigenvalue weighted by atomic mass is 10.0. The highest BCUT2D eigenvalue weighted by Gasteiger charge is 2.31. The van der Waals surface area contributed by atoms with Crippen LogP contribution in [-0.4, -0.2) is 46.7 Å². The van der Waals surface area contributed by atoms with Gasteiger partial charge in [0.1, 0.15) is 17.1 Å². The van der Waals surface area contributed by atoms with Crippen LogP contribution in [0.5, 0.6) is 0 Å². The Balaban J connectivity index is 0.000000917. The summed E-state index contributed by atoms with van der Waals surface area (Å²) >= 11 is 1.30. The van der Waals surface area contributed by atoms with Gasteiger partial charge in [-0.2, -0.15) is 5.26 Å². The zero-order chi connectivity index (χ0) is 25.4. The van der Waals surface area contributed by atoms with Crippen LogP contribution < -0.4 is 16.2 Å². The number of aromatic carboxylic acids is 1. The molecule has 1 aromatic carbocycles. The van der Waals surface area contributed by atoms with Gasteiger partial charge in [0.15, 0.2) is 5.76 Å². The molecule has 0 amide bonds. The molecule has 1 N–H and O–H groups in total. The fourth-order valence-corrected chi connectivity index (χ4v) is 5.30. The summed E-state index contributed by atoms with van der Waals surface area (Å²) in [5.41, 5.74) is 0.181. The third kappa shape index (κ3) is 4.33. The third-order valence-corrected chi connectivity index (χ3v) is 7.21. The standard InChI is InChI=1S/C21H20FN3O6S.C2H3N/c1-10-15-12(25-9-32-19(25)16(18(15)26)20(27)28)7-13(17(10)22)24-5-3-23(4-6-24)8-14-11(2)30-21(29)31-14;1-2-3/h7H,3-6,8-9H2,1-2H3,(H,27,28);1H3. The molecule has 0 aliphatic carbocycles. The van der Waals surface area contributed by atoms with Gasteiger partial charge in [-0.15, -0.1) is 0 Å². The summed E-state index contributed by atoms with van der Waals surface area (Å²) in [6.07, 6.45) is 0. The molecule has 0 bridgehead atoms. The molecule has 5 rings (SSSR count). The Morgan fingerprint density at radius 2 is 1.89 bits per heavy atom. The van der Waals surface area contributed by atoms with Crippen molar-refractivity contribution in [3.63, 3.8) is 0 Å². The van der Waals surface area contributed by atoms with Crippen molar-refractivity contribution in [2.75, 3.05) is 31.1 Å². The second-order valence-electron chi connectivity index (χ2n) is 8.16. The van der Waals surface area contributed by atoms with Crippen LogP contribution in [0.2, 0.25) is 0 Å². The van der Waals surface area contributed by atoms with Crippen molar-refractivity contribution in [3.05, 3.63) is 55.4 Å². The van der Waals surface area contributed by atoms with Crippen molar-refractivity contribution in [2.45, 2.75) is 38.2 Å². The minimum atomic E-state index is -1.29. The van der Waals surface area contributed by atoms with E-state index in [1.807, 2.05) is 4.90 Å². The number of halogens is 1. The first-order chi connectivity index (χ1) is 16.7. The molecule has 35 heavy (non-hydrogen) atoms. The summed E-state index contributed by atoms with van der Waals surface area (Å²) in [6, 6.07) is 3.41. The van der Waals surface area contributed by atoms with Gasteiger partial charge in [0.2, 0.25) is 5.43 Å². The molecule has 1 fully saturated rings. The molecule has 4 heterocycles. The van der Waals surface area contributed by atoms with Gasteiger partial charge >= 0.3 is 11.8 Å². The number of benzene rings is 1. The first kappa shape index (κ1) is 24.6. The first-order valence-electron chi connectivity index (χ1n) is 10.8. The molecule has 0 saturated carbocycles. The number of aromatic nitrogens is 1. The second kappa shape index (κ2) is 9.59. The Morgan fingerprint density at radius 1 is 1.23 bits per heavy atom. The molecule has 3 aromatic rings. The van der Waals surface area contributed by atoms with Crippen LogP contribution in [-0.2, 0) is 12.4 Å². The molecule has 2 aromatic heterocycles. The summed E-state index contributed by atoms with van der Waals surface area (Å²) in [7, 11) is 0. The molecule has 184 valence electrons. The van der Waals surface area contributed by atoms with Crippen LogP contribution >= 0.6 is 11.8 Å². The van der Waals surface area contributed by atoms with E-state index in [4.69, 9.17) is 14.1 Å². The van der Waals surface area contributed by atoms with E-state index in [2.05, 4.69) is 4.90 Å². The maximum absolute atomic E-state index is 15.4. The van der Waals surface area contributed by atoms with Gasteiger partial charge in [0.25, 0.3) is 0 Å². The number of hydrogen-bond acceptors (Lipinski definition) is 9. The number of carboxylic acid groups (broad SMARTS) is 1. The van der Waals surface area contributed by atoms with E-state index in [9.17, 15) is 19.5 Å². The maximum Gasteiger partial charge on any atom is 0.519 e. The van der Waals surface area contributed by atoms with Gasteiger partial charge in [-0.05, 0) is 19.9 Å². The molecule has 0 atom stereocenters. The average molecular weight is 503 g/mol. The quantitative estimate of drug-likeness (QED) is 0.568. The van der Waals surface area contributed by atoms with E-state index < -0.39 is 23.0 Å². The molecule has 0 spiro atoms. The number of thioether (sulfide) groups is 1. The number of aryl methyl sites for hydroxylation is 2. The third-order valence-electron chi connectivity index (χ3n) is 6.12. The first-order valence-corrected chi connectivity index (χ1v) is 11.8. The smallest absolute Gasteiger partial charge is 0.477 e. The number of piperazine rings is 1. The van der Waals surface area contributed by atoms with Crippen LogP contribution in [0.1, 0.15) is 34.4 Å². The lowest BCUT2D eigenvalue weighted by Gasteiger charge is -2.36. The number of anilines is 1. The van der Waals surface area contributed by atoms with Crippen molar-refractivity contribution in [1.82, 2.24) is 9.47 Å². The lowest BCUT2D eigenvalue weighted by molar-refractivity contribution is 0.0689. The van der Waals surface area contributed by atoms with Crippen molar-refractivity contribution in [2.24, 2.45) is 0 Å². The number of carboxylic acids is 1. The Morgan fingerprint density at radius 3 is 2.40 bits per heavy atom. The molecule has 0 unspecified atom stereocenters. The van der Waals surface area contributed by atoms with E-state index in [1.165, 1.54) is 25.6 Å². The van der Waals surface area contributed by atoms with E-state index in [1.54, 1.807) is 23.6 Å². The zero-order valence-electron chi connectivity index (χ0n) is 19.4. The van der Waals surface area contributed by atoms with Crippen molar-refractivity contribution < 1.29 is 23.1 Å². The average Bonchev–Trinajstić information content (AvgIpc) is 3.10. The number of pyridine rings is 1. The highest BCUT2D eigenvalue weighted by atomic mass is 32.2. The van der Waals surface area contributed by atoms with Gasteiger partial charge in [-0.3, -0.25) is 9.69 Å². The van der Waals surface area contributed by atoms with E-state index >= 15 is 4.39 Å². The Hall–Kier alpha value is -3.56. The fraction of sp³-hybridized carbons (Fsp3) is 0.391. The van der Waals surface area contributed by atoms with Crippen molar-refractivity contribution in [3.8, 4) is 6.07 Å². The minimum Gasteiger partial charge on any atom is -0.477 e. The van der Waals surface area contributed by atoms with Gasteiger partial charge in [0.05, 0.1) is 40.1 Å². The molecule has 0 radical (unpaired) electrons. The minimum absolute atomic E-state index is 0.122. The van der Waals surface area contributed by atoms with Gasteiger partial charge in [-0.1, -0.05) is 11.8 Å². The molecular weight excluding hydrogens is 479 g/mol. The number of rotatable bonds is 4. The van der Waals surface area contributed by atoms with Crippen LogP contribution in [0.3, 0.4) is 0 Å². The Bertz CT molecular complexity index is 1480. The summed E-state index contributed by atoms with van der Waals surface area (Å²) in [5, 5.41) is 17.3. The molecule has 2 aliphatic heterocycles. The molecule has 2 aliphatic rings. The zero-order valence-corrected chi connectivity index (χ0v) is 20.2. The normalized spacial score (nSPS) is 15.1. The van der Waals surface area contributed by atoms with Crippen molar-refractivity contribution >= 4 is 34.3 Å². The Labute approximate surface area is 203 Å². The second-order valence-corrected chi connectivity index (χ2v) is 9.10.